The second-order valence-electron chi connectivity index (χ2n) is 3.16. The largest absolute Gasteiger partial charge is 0.462 e. The Morgan fingerprint density at radius 1 is 1.53 bits per heavy atom. The molecule has 0 aliphatic heterocycles. The fourth-order valence-corrected chi connectivity index (χ4v) is 1.21. The predicted octanol–water partition coefficient (Wildman–Crippen LogP) is 1.71. The monoisotopic (exact) mass is 228 g/mol. The minimum absolute atomic E-state index is 0.152. The first-order valence-electron chi connectivity index (χ1n) is 5.11. The summed E-state index contributed by atoms with van der Waals surface area (Å²) in [5.41, 5.74) is 6.97. The third-order valence-corrected chi connectivity index (χ3v) is 1.95. The maximum atomic E-state index is 11.5. The van der Waals surface area contributed by atoms with Crippen LogP contribution in [0.3, 0.4) is 0 Å². The van der Waals surface area contributed by atoms with E-state index >= 15 is 0 Å². The summed E-state index contributed by atoms with van der Waals surface area (Å²) in [5.74, 6) is 4.98. The molecular formula is C13H12N2O2. The number of hydrogen-bond donors (Lipinski definition) is 1. The number of nitrogen functional groups attached to an aromatic ring is 1. The maximum absolute atomic E-state index is 11.5. The highest BCUT2D eigenvalue weighted by Crippen LogP contribution is 2.15. The van der Waals surface area contributed by atoms with Crippen LogP contribution in [-0.2, 0) is 4.74 Å². The minimum atomic E-state index is -0.464. The molecule has 0 unspecified atom stereocenters. The van der Waals surface area contributed by atoms with Gasteiger partial charge in [-0.2, -0.15) is 5.26 Å². The average molecular weight is 228 g/mol. The predicted molar refractivity (Wildman–Crippen MR) is 63.9 cm³/mol. The second-order valence-corrected chi connectivity index (χ2v) is 3.16. The number of carbonyl (C=O) groups excluding carboxylic acids is 1. The lowest BCUT2D eigenvalue weighted by Gasteiger charge is -2.05. The van der Waals surface area contributed by atoms with Crippen LogP contribution in [0.15, 0.2) is 18.2 Å². The van der Waals surface area contributed by atoms with E-state index in [-0.39, 0.29) is 6.42 Å². The van der Waals surface area contributed by atoms with Gasteiger partial charge >= 0.3 is 5.97 Å². The van der Waals surface area contributed by atoms with Crippen molar-refractivity contribution in [3.8, 4) is 17.9 Å². The van der Waals surface area contributed by atoms with Crippen molar-refractivity contribution in [2.45, 2.75) is 13.3 Å². The van der Waals surface area contributed by atoms with Gasteiger partial charge in [-0.1, -0.05) is 11.8 Å². The molecule has 1 aromatic carbocycles. The van der Waals surface area contributed by atoms with Crippen molar-refractivity contribution in [3.63, 3.8) is 0 Å². The molecule has 0 aliphatic carbocycles. The molecule has 0 aromatic heterocycles. The molecule has 1 aromatic rings. The quantitative estimate of drug-likeness (QED) is 0.475. The first kappa shape index (κ1) is 12.6. The van der Waals surface area contributed by atoms with Crippen LogP contribution < -0.4 is 5.73 Å². The summed E-state index contributed by atoms with van der Waals surface area (Å²) in [6.07, 6.45) is 0.152. The van der Waals surface area contributed by atoms with E-state index in [2.05, 4.69) is 11.8 Å². The number of carbonyl (C=O) groups is 1. The Morgan fingerprint density at radius 2 is 2.29 bits per heavy atom. The zero-order valence-corrected chi connectivity index (χ0v) is 9.49. The highest BCUT2D eigenvalue weighted by atomic mass is 16.5. The van der Waals surface area contributed by atoms with Crippen LogP contribution >= 0.6 is 0 Å². The van der Waals surface area contributed by atoms with E-state index in [1.54, 1.807) is 25.1 Å². The van der Waals surface area contributed by atoms with E-state index in [9.17, 15) is 4.79 Å². The zero-order valence-electron chi connectivity index (χ0n) is 9.49. The van der Waals surface area contributed by atoms with Gasteiger partial charge in [-0.05, 0) is 25.1 Å². The van der Waals surface area contributed by atoms with E-state index in [1.165, 1.54) is 0 Å². The normalized spacial score (nSPS) is 8.71. The molecule has 0 saturated heterocycles. The van der Waals surface area contributed by atoms with Gasteiger partial charge in [0.05, 0.1) is 24.7 Å². The van der Waals surface area contributed by atoms with Gasteiger partial charge in [-0.25, -0.2) is 4.79 Å². The number of nitrogens with two attached hydrogens (primary N) is 1. The Morgan fingerprint density at radius 3 is 2.94 bits per heavy atom. The smallest absolute Gasteiger partial charge is 0.340 e. The SMILES string of the molecule is CCOC(=O)c1cc(C#CCC#N)ccc1N. The summed E-state index contributed by atoms with van der Waals surface area (Å²) in [5, 5.41) is 8.35. The molecule has 4 heteroatoms. The first-order valence-corrected chi connectivity index (χ1v) is 5.11. The van der Waals surface area contributed by atoms with Gasteiger partial charge in [0.2, 0.25) is 0 Å². The molecule has 0 fully saturated rings. The molecule has 0 aliphatic rings. The molecule has 0 saturated carbocycles. The third-order valence-electron chi connectivity index (χ3n) is 1.95. The number of anilines is 1. The van der Waals surface area contributed by atoms with Crippen LogP contribution in [0.5, 0.6) is 0 Å². The molecule has 17 heavy (non-hydrogen) atoms. The van der Waals surface area contributed by atoms with Gasteiger partial charge < -0.3 is 10.5 Å². The Hall–Kier alpha value is -2.46. The maximum Gasteiger partial charge on any atom is 0.340 e. The van der Waals surface area contributed by atoms with E-state index < -0.39 is 5.97 Å². The van der Waals surface area contributed by atoms with E-state index in [4.69, 9.17) is 15.7 Å². The van der Waals surface area contributed by atoms with Crippen LogP contribution in [0.1, 0.15) is 29.3 Å². The summed E-state index contributed by atoms with van der Waals surface area (Å²) in [6, 6.07) is 6.78. The molecule has 4 nitrogen and oxygen atoms in total. The van der Waals surface area contributed by atoms with E-state index in [0.717, 1.165) is 0 Å². The van der Waals surface area contributed by atoms with Crippen molar-refractivity contribution < 1.29 is 9.53 Å². The summed E-state index contributed by atoms with van der Waals surface area (Å²) in [7, 11) is 0. The summed E-state index contributed by atoms with van der Waals surface area (Å²) >= 11 is 0. The molecule has 0 radical (unpaired) electrons. The number of esters is 1. The fourth-order valence-electron chi connectivity index (χ4n) is 1.21. The first-order chi connectivity index (χ1) is 8.19. The van der Waals surface area contributed by atoms with E-state index in [1.807, 2.05) is 6.07 Å². The standard InChI is InChI=1S/C13H12N2O2/c1-2-17-13(16)11-9-10(5-3-4-8-14)6-7-12(11)15/h6-7,9H,2,4,15H2,1H3. The third kappa shape index (κ3) is 3.55. The molecular weight excluding hydrogens is 216 g/mol. The Labute approximate surface area is 100.0 Å². The molecule has 86 valence electrons. The summed E-state index contributed by atoms with van der Waals surface area (Å²) in [4.78, 5) is 11.5. The number of rotatable bonds is 2. The summed E-state index contributed by atoms with van der Waals surface area (Å²) < 4.78 is 4.87. The molecule has 0 heterocycles. The molecule has 0 spiro atoms. The molecule has 1 rings (SSSR count). The van der Waals surface area contributed by atoms with Crippen LogP contribution in [0.4, 0.5) is 5.69 Å². The highest BCUT2D eigenvalue weighted by molar-refractivity contribution is 5.95. The van der Waals surface area contributed by atoms with Crippen LogP contribution in [0.25, 0.3) is 0 Å². The lowest BCUT2D eigenvalue weighted by Crippen LogP contribution is -2.08. The van der Waals surface area contributed by atoms with Gasteiger partial charge in [0.1, 0.15) is 0 Å². The van der Waals surface area contributed by atoms with Crippen LogP contribution in [-0.4, -0.2) is 12.6 Å². The van der Waals surface area contributed by atoms with Crippen LogP contribution in [0.2, 0.25) is 0 Å². The number of benzene rings is 1. The van der Waals surface area contributed by atoms with Crippen molar-refractivity contribution >= 4 is 11.7 Å². The fraction of sp³-hybridized carbons (Fsp3) is 0.231. The summed E-state index contributed by atoms with van der Waals surface area (Å²) in [6.45, 7) is 2.02. The Bertz CT molecular complexity index is 518. The Balaban J connectivity index is 3.00. The van der Waals surface area contributed by atoms with Gasteiger partial charge in [-0.15, -0.1) is 0 Å². The van der Waals surface area contributed by atoms with E-state index in [0.29, 0.717) is 23.4 Å². The lowest BCUT2D eigenvalue weighted by atomic mass is 10.1. The van der Waals surface area contributed by atoms with Crippen molar-refractivity contribution in [3.05, 3.63) is 29.3 Å². The van der Waals surface area contributed by atoms with Gasteiger partial charge in [0.15, 0.2) is 0 Å². The lowest BCUT2D eigenvalue weighted by molar-refractivity contribution is 0.0527. The number of ether oxygens (including phenoxy) is 1. The molecule has 0 amide bonds. The van der Waals surface area contributed by atoms with Crippen molar-refractivity contribution in [2.24, 2.45) is 0 Å². The molecule has 2 N–H and O–H groups in total. The topological polar surface area (TPSA) is 76.1 Å². The minimum Gasteiger partial charge on any atom is -0.462 e. The Kier molecular flexibility index (Phi) is 4.59. The van der Waals surface area contributed by atoms with Crippen molar-refractivity contribution in [1.82, 2.24) is 0 Å². The van der Waals surface area contributed by atoms with Crippen LogP contribution in [0, 0.1) is 23.2 Å². The number of hydrogen-bond acceptors (Lipinski definition) is 4. The second kappa shape index (κ2) is 6.19. The van der Waals surface area contributed by atoms with Gasteiger partial charge in [-0.3, -0.25) is 0 Å². The zero-order chi connectivity index (χ0) is 12.7. The van der Waals surface area contributed by atoms with Crippen molar-refractivity contribution in [2.75, 3.05) is 12.3 Å². The molecule has 0 bridgehead atoms. The van der Waals surface area contributed by atoms with Gasteiger partial charge in [0.25, 0.3) is 0 Å². The number of nitrogens with zero attached hydrogens (tertiary/aromatic N) is 1. The van der Waals surface area contributed by atoms with Gasteiger partial charge in [0, 0.05) is 11.3 Å². The molecule has 0 atom stereocenters. The average Bonchev–Trinajstić information content (AvgIpc) is 2.32. The highest BCUT2D eigenvalue weighted by Gasteiger charge is 2.10. The number of nitriles is 1. The van der Waals surface area contributed by atoms with Crippen molar-refractivity contribution in [1.29, 1.82) is 5.26 Å².